The summed E-state index contributed by atoms with van der Waals surface area (Å²) in [5.41, 5.74) is 2.02. The van der Waals surface area contributed by atoms with Crippen LogP contribution in [0.4, 0.5) is 5.69 Å². The number of hydrogen-bond acceptors (Lipinski definition) is 5. The third-order valence-corrected chi connectivity index (χ3v) is 4.54. The molecule has 0 heterocycles. The van der Waals surface area contributed by atoms with E-state index >= 15 is 0 Å². The Morgan fingerprint density at radius 2 is 1.85 bits per heavy atom. The van der Waals surface area contributed by atoms with Gasteiger partial charge < -0.3 is 19.9 Å². The van der Waals surface area contributed by atoms with Crippen LogP contribution in [0.25, 0.3) is 0 Å². The smallest absolute Gasteiger partial charge is 0.341 e. The number of para-hydroxylation sites is 1. The predicted molar refractivity (Wildman–Crippen MR) is 104 cm³/mol. The number of aryl methyl sites for hydroxylation is 2. The number of halogens is 1. The molecule has 144 valence electrons. The monoisotopic (exact) mass is 391 g/mol. The number of rotatable bonds is 7. The van der Waals surface area contributed by atoms with Crippen LogP contribution in [0.15, 0.2) is 30.3 Å². The van der Waals surface area contributed by atoms with Gasteiger partial charge in [0.05, 0.1) is 19.4 Å². The Bertz CT molecular complexity index is 827. The maximum absolute atomic E-state index is 12.1. The van der Waals surface area contributed by atoms with Crippen molar-refractivity contribution >= 4 is 29.2 Å². The van der Waals surface area contributed by atoms with Crippen LogP contribution < -0.4 is 10.1 Å². The molecule has 0 aromatic heterocycles. The normalized spacial score (nSPS) is 10.4. The number of carbonyl (C=O) groups excluding carboxylic acids is 2. The second-order valence-electron chi connectivity index (χ2n) is 6.06. The minimum Gasteiger partial charge on any atom is -0.505 e. The highest BCUT2D eigenvalue weighted by Crippen LogP contribution is 2.28. The van der Waals surface area contributed by atoms with E-state index < -0.39 is 5.97 Å². The fourth-order valence-electron chi connectivity index (χ4n) is 2.54. The Hall–Kier alpha value is -2.73. The molecule has 7 heteroatoms. The van der Waals surface area contributed by atoms with Crippen LogP contribution in [-0.4, -0.2) is 30.7 Å². The average molecular weight is 392 g/mol. The van der Waals surface area contributed by atoms with E-state index in [0.717, 1.165) is 16.1 Å². The largest absolute Gasteiger partial charge is 0.505 e. The molecule has 0 radical (unpaired) electrons. The Balaban J connectivity index is 1.86. The maximum Gasteiger partial charge on any atom is 0.341 e. The van der Waals surface area contributed by atoms with Crippen molar-refractivity contribution in [3.8, 4) is 11.5 Å². The topological polar surface area (TPSA) is 84.9 Å². The number of hydrogen-bond donors (Lipinski definition) is 2. The zero-order valence-corrected chi connectivity index (χ0v) is 16.2. The molecule has 2 N–H and O–H groups in total. The first kappa shape index (κ1) is 20.6. The van der Waals surface area contributed by atoms with E-state index in [4.69, 9.17) is 16.3 Å². The first-order valence-electron chi connectivity index (χ1n) is 8.43. The Labute approximate surface area is 163 Å². The van der Waals surface area contributed by atoms with Gasteiger partial charge in [0.1, 0.15) is 11.3 Å². The molecule has 6 nitrogen and oxygen atoms in total. The molecule has 0 fully saturated rings. The Kier molecular flexibility index (Phi) is 7.07. The van der Waals surface area contributed by atoms with E-state index in [9.17, 15) is 14.7 Å². The summed E-state index contributed by atoms with van der Waals surface area (Å²) in [5.74, 6) is -0.579. The lowest BCUT2D eigenvalue weighted by Gasteiger charge is -2.11. The van der Waals surface area contributed by atoms with Gasteiger partial charge in [-0.2, -0.15) is 0 Å². The van der Waals surface area contributed by atoms with E-state index in [-0.39, 0.29) is 29.3 Å². The maximum atomic E-state index is 12.1. The highest BCUT2D eigenvalue weighted by atomic mass is 35.5. The van der Waals surface area contributed by atoms with E-state index in [2.05, 4.69) is 10.1 Å². The first-order valence-corrected chi connectivity index (χ1v) is 8.81. The number of esters is 1. The quantitative estimate of drug-likeness (QED) is 0.418. The van der Waals surface area contributed by atoms with Crippen molar-refractivity contribution in [1.29, 1.82) is 0 Å². The number of benzene rings is 2. The summed E-state index contributed by atoms with van der Waals surface area (Å²) in [6.07, 6.45) is 0.692. The third-order valence-electron chi connectivity index (χ3n) is 3.94. The van der Waals surface area contributed by atoms with Gasteiger partial charge in [-0.1, -0.05) is 17.7 Å². The van der Waals surface area contributed by atoms with Gasteiger partial charge in [-0.15, -0.1) is 0 Å². The summed E-state index contributed by atoms with van der Waals surface area (Å²) < 4.78 is 10.2. The zero-order chi connectivity index (χ0) is 20.0. The number of methoxy groups -OCH3 is 1. The summed E-state index contributed by atoms with van der Waals surface area (Å²) in [5, 5.41) is 13.4. The van der Waals surface area contributed by atoms with Crippen molar-refractivity contribution in [2.24, 2.45) is 0 Å². The third kappa shape index (κ3) is 5.37. The van der Waals surface area contributed by atoms with Crippen LogP contribution >= 0.6 is 11.6 Å². The molecule has 0 unspecified atom stereocenters. The molecule has 2 aromatic carbocycles. The van der Waals surface area contributed by atoms with E-state index in [1.807, 2.05) is 26.0 Å². The summed E-state index contributed by atoms with van der Waals surface area (Å²) >= 11 is 6.12. The van der Waals surface area contributed by atoms with Crippen molar-refractivity contribution < 1.29 is 24.2 Å². The van der Waals surface area contributed by atoms with Crippen molar-refractivity contribution in [3.05, 3.63) is 52.0 Å². The fraction of sp³-hybridized carbons (Fsp3) is 0.300. The molecule has 2 aromatic rings. The number of ether oxygens (including phenoxy) is 2. The molecule has 0 aliphatic carbocycles. The van der Waals surface area contributed by atoms with E-state index in [0.29, 0.717) is 18.8 Å². The number of anilines is 1. The van der Waals surface area contributed by atoms with Gasteiger partial charge in [0, 0.05) is 11.4 Å². The summed E-state index contributed by atoms with van der Waals surface area (Å²) in [4.78, 5) is 23.6. The van der Waals surface area contributed by atoms with Gasteiger partial charge in [0.2, 0.25) is 5.91 Å². The number of carbonyl (C=O) groups is 2. The molecule has 0 spiro atoms. The molecule has 27 heavy (non-hydrogen) atoms. The summed E-state index contributed by atoms with van der Waals surface area (Å²) in [6.45, 7) is 4.18. The molecule has 0 saturated heterocycles. The van der Waals surface area contributed by atoms with E-state index in [1.165, 1.54) is 19.2 Å². The minimum atomic E-state index is -0.675. The van der Waals surface area contributed by atoms with Crippen LogP contribution in [0.1, 0.15) is 34.3 Å². The lowest BCUT2D eigenvalue weighted by atomic mass is 10.1. The number of phenolic OH excluding ortho intramolecular Hbond substituents is 1. The van der Waals surface area contributed by atoms with Gasteiger partial charge in [-0.3, -0.25) is 4.79 Å². The number of nitrogens with one attached hydrogen (secondary N) is 1. The highest BCUT2D eigenvalue weighted by Gasteiger charge is 2.15. The van der Waals surface area contributed by atoms with Gasteiger partial charge in [-0.05, 0) is 55.7 Å². The van der Waals surface area contributed by atoms with Gasteiger partial charge in [-0.25, -0.2) is 4.79 Å². The molecule has 0 bridgehead atoms. The Morgan fingerprint density at radius 3 is 2.48 bits per heavy atom. The lowest BCUT2D eigenvalue weighted by Crippen LogP contribution is -2.14. The van der Waals surface area contributed by atoms with Gasteiger partial charge >= 0.3 is 5.97 Å². The van der Waals surface area contributed by atoms with Crippen molar-refractivity contribution in [3.63, 3.8) is 0 Å². The first-order chi connectivity index (χ1) is 12.8. The molecule has 0 atom stereocenters. The molecule has 0 aliphatic heterocycles. The second-order valence-corrected chi connectivity index (χ2v) is 6.44. The molecule has 1 amide bonds. The van der Waals surface area contributed by atoms with Gasteiger partial charge in [0.25, 0.3) is 0 Å². The predicted octanol–water partition coefficient (Wildman–Crippen LogP) is 4.25. The van der Waals surface area contributed by atoms with Crippen LogP contribution in [0.5, 0.6) is 11.5 Å². The fourth-order valence-corrected chi connectivity index (χ4v) is 2.65. The van der Waals surface area contributed by atoms with Crippen molar-refractivity contribution in [1.82, 2.24) is 0 Å². The lowest BCUT2D eigenvalue weighted by molar-refractivity contribution is -0.116. The average Bonchev–Trinajstić information content (AvgIpc) is 2.64. The summed E-state index contributed by atoms with van der Waals surface area (Å²) in [6, 6.07) is 8.18. The van der Waals surface area contributed by atoms with Crippen molar-refractivity contribution in [2.45, 2.75) is 26.7 Å². The second kappa shape index (κ2) is 9.28. The number of phenols is 1. The zero-order valence-electron chi connectivity index (χ0n) is 15.5. The van der Waals surface area contributed by atoms with Gasteiger partial charge in [0.15, 0.2) is 5.75 Å². The van der Waals surface area contributed by atoms with Crippen LogP contribution in [0, 0.1) is 13.8 Å². The van der Waals surface area contributed by atoms with Crippen LogP contribution in [-0.2, 0) is 9.53 Å². The molecule has 0 saturated carbocycles. The summed E-state index contributed by atoms with van der Waals surface area (Å²) in [7, 11) is 1.22. The SMILES string of the molecule is COC(=O)c1cccc(NC(=O)CCCOc2cc(C)c(Cl)c(C)c2)c1O. The highest BCUT2D eigenvalue weighted by molar-refractivity contribution is 6.32. The molecule has 2 rings (SSSR count). The number of aromatic hydroxyl groups is 1. The molecular formula is C20H22ClNO5. The van der Waals surface area contributed by atoms with E-state index in [1.54, 1.807) is 6.07 Å². The standard InChI is InChI=1S/C20H22ClNO5/c1-12-10-14(11-13(2)18(12)21)27-9-5-8-17(23)22-16-7-4-6-15(19(16)24)20(25)26-3/h4,6-7,10-11,24H,5,8-9H2,1-3H3,(H,22,23). The Morgan fingerprint density at radius 1 is 1.19 bits per heavy atom. The molecule has 0 aliphatic rings. The van der Waals surface area contributed by atoms with Crippen LogP contribution in [0.3, 0.4) is 0 Å². The minimum absolute atomic E-state index is 0.00730. The number of amides is 1. The molecular weight excluding hydrogens is 370 g/mol. The van der Waals surface area contributed by atoms with Crippen molar-refractivity contribution in [2.75, 3.05) is 19.0 Å². The van der Waals surface area contributed by atoms with Crippen LogP contribution in [0.2, 0.25) is 5.02 Å².